The monoisotopic (exact) mass is 266 g/mol. The highest BCUT2D eigenvalue weighted by Gasteiger charge is 2.17. The fourth-order valence-electron chi connectivity index (χ4n) is 1.19. The van der Waals surface area contributed by atoms with Gasteiger partial charge < -0.3 is 0 Å². The number of rotatable bonds is 2. The summed E-state index contributed by atoms with van der Waals surface area (Å²) in [6.45, 7) is 3.30. The summed E-state index contributed by atoms with van der Waals surface area (Å²) in [5.74, 6) is 0. The van der Waals surface area contributed by atoms with Gasteiger partial charge in [0.25, 0.3) is 14.3 Å². The molecule has 0 aliphatic heterocycles. The van der Waals surface area contributed by atoms with Crippen molar-refractivity contribution < 1.29 is 13.2 Å². The first-order valence-electron chi connectivity index (χ1n) is 3.99. The van der Waals surface area contributed by atoms with Crippen LogP contribution in [0.4, 0.5) is 0 Å². The molecular weight excluding hydrogens is 259 g/mol. The van der Waals surface area contributed by atoms with Crippen molar-refractivity contribution in [2.24, 2.45) is 0 Å². The molecule has 0 atom stereocenters. The third kappa shape index (κ3) is 2.71. The first-order valence-corrected chi connectivity index (χ1v) is 6.68. The Bertz CT molecular complexity index is 520. The summed E-state index contributed by atoms with van der Waals surface area (Å²) >= 11 is 5.27. The Morgan fingerprint density at radius 1 is 1.27 bits per heavy atom. The lowest BCUT2D eigenvalue weighted by atomic mass is 10.1. The molecule has 0 unspecified atom stereocenters. The van der Waals surface area contributed by atoms with E-state index in [4.69, 9.17) is 22.3 Å². The van der Waals surface area contributed by atoms with Gasteiger partial charge in [-0.25, -0.2) is 8.42 Å². The van der Waals surface area contributed by atoms with Crippen molar-refractivity contribution in [3.8, 4) is 0 Å². The Hall–Kier alpha value is -0.580. The van der Waals surface area contributed by atoms with Crippen LogP contribution >= 0.6 is 22.3 Å². The van der Waals surface area contributed by atoms with E-state index >= 15 is 0 Å². The van der Waals surface area contributed by atoms with E-state index in [1.807, 2.05) is 0 Å². The molecule has 0 aromatic heterocycles. The van der Waals surface area contributed by atoms with Gasteiger partial charge in [-0.3, -0.25) is 4.79 Å². The molecule has 15 heavy (non-hydrogen) atoms. The van der Waals surface area contributed by atoms with Crippen LogP contribution < -0.4 is 0 Å². The van der Waals surface area contributed by atoms with E-state index in [1.54, 1.807) is 13.8 Å². The van der Waals surface area contributed by atoms with Crippen LogP contribution in [0.25, 0.3) is 0 Å². The van der Waals surface area contributed by atoms with E-state index in [1.165, 1.54) is 12.1 Å². The highest BCUT2D eigenvalue weighted by atomic mass is 35.7. The van der Waals surface area contributed by atoms with Crippen LogP contribution in [0, 0.1) is 13.8 Å². The average Bonchev–Trinajstić information content (AvgIpc) is 2.06. The van der Waals surface area contributed by atoms with Crippen molar-refractivity contribution in [3.05, 3.63) is 28.8 Å². The molecule has 0 N–H and O–H groups in total. The molecule has 3 nitrogen and oxygen atoms in total. The van der Waals surface area contributed by atoms with Crippen LogP contribution in [-0.4, -0.2) is 13.7 Å². The molecule has 0 heterocycles. The summed E-state index contributed by atoms with van der Waals surface area (Å²) < 4.78 is 22.4. The van der Waals surface area contributed by atoms with Gasteiger partial charge >= 0.3 is 0 Å². The number of carbonyl (C=O) groups excluding carboxylic acids is 1. The largest absolute Gasteiger partial charge is 0.276 e. The molecule has 0 saturated heterocycles. The topological polar surface area (TPSA) is 51.2 Å². The van der Waals surface area contributed by atoms with E-state index in [-0.39, 0.29) is 10.5 Å². The lowest BCUT2D eigenvalue weighted by Crippen LogP contribution is -2.01. The fraction of sp³-hybridized carbons (Fsp3) is 0.222. The van der Waals surface area contributed by atoms with Crippen LogP contribution in [0.2, 0.25) is 0 Å². The van der Waals surface area contributed by atoms with Gasteiger partial charge in [-0.05, 0) is 48.7 Å². The fourth-order valence-corrected chi connectivity index (χ4v) is 2.58. The van der Waals surface area contributed by atoms with E-state index < -0.39 is 14.3 Å². The van der Waals surface area contributed by atoms with E-state index in [0.29, 0.717) is 11.1 Å². The van der Waals surface area contributed by atoms with Crippen molar-refractivity contribution in [1.82, 2.24) is 0 Å². The predicted molar refractivity (Wildman–Crippen MR) is 59.1 cm³/mol. The summed E-state index contributed by atoms with van der Waals surface area (Å²) in [5, 5.41) is -0.709. The smallest absolute Gasteiger partial charge is 0.261 e. The molecule has 82 valence electrons. The molecule has 0 fully saturated rings. The number of carbonyl (C=O) groups is 1. The van der Waals surface area contributed by atoms with Crippen molar-refractivity contribution in [2.75, 3.05) is 0 Å². The molecule has 1 aromatic rings. The van der Waals surface area contributed by atoms with E-state index in [2.05, 4.69) is 0 Å². The minimum atomic E-state index is -3.85. The summed E-state index contributed by atoms with van der Waals surface area (Å²) in [5.41, 5.74) is 1.30. The summed E-state index contributed by atoms with van der Waals surface area (Å²) in [7, 11) is 1.38. The zero-order valence-electron chi connectivity index (χ0n) is 8.04. The Morgan fingerprint density at radius 2 is 1.80 bits per heavy atom. The first kappa shape index (κ1) is 12.5. The highest BCUT2D eigenvalue weighted by molar-refractivity contribution is 8.13. The van der Waals surface area contributed by atoms with Gasteiger partial charge in [-0.15, -0.1) is 0 Å². The Labute approximate surface area is 97.4 Å². The van der Waals surface area contributed by atoms with Crippen molar-refractivity contribution in [1.29, 1.82) is 0 Å². The molecule has 1 aromatic carbocycles. The van der Waals surface area contributed by atoms with E-state index in [9.17, 15) is 13.2 Å². The maximum Gasteiger partial charge on any atom is 0.261 e. The second-order valence-electron chi connectivity index (χ2n) is 3.13. The summed E-state index contributed by atoms with van der Waals surface area (Å²) in [6.07, 6.45) is 0. The van der Waals surface area contributed by atoms with Gasteiger partial charge in [-0.2, -0.15) is 0 Å². The number of hydrogen-bond donors (Lipinski definition) is 0. The zero-order valence-corrected chi connectivity index (χ0v) is 10.4. The van der Waals surface area contributed by atoms with Crippen LogP contribution in [-0.2, 0) is 9.05 Å². The summed E-state index contributed by atoms with van der Waals surface area (Å²) in [6, 6.07) is 2.70. The molecule has 0 bridgehead atoms. The molecule has 1 rings (SSSR count). The lowest BCUT2D eigenvalue weighted by molar-refractivity contribution is 0.108. The van der Waals surface area contributed by atoms with Gasteiger partial charge in [0.15, 0.2) is 0 Å². The van der Waals surface area contributed by atoms with Gasteiger partial charge in [0.05, 0.1) is 4.90 Å². The number of halogens is 2. The molecule has 6 heteroatoms. The number of benzene rings is 1. The molecular formula is C9H8Cl2O3S. The van der Waals surface area contributed by atoms with Gasteiger partial charge in [0.1, 0.15) is 0 Å². The summed E-state index contributed by atoms with van der Waals surface area (Å²) in [4.78, 5) is 10.8. The standard InChI is InChI=1S/C9H8Cl2O3S/c1-5-3-7(9(10)12)4-8(6(5)2)15(11,13)14/h3-4H,1-2H3. The third-order valence-corrected chi connectivity index (χ3v) is 3.78. The Balaban J connectivity index is 3.59. The molecule has 0 amide bonds. The molecule has 0 saturated carbocycles. The van der Waals surface area contributed by atoms with E-state index in [0.717, 1.165) is 0 Å². The molecule has 0 spiro atoms. The molecule has 0 aliphatic rings. The van der Waals surface area contributed by atoms with Gasteiger partial charge in [0, 0.05) is 16.2 Å². The Morgan fingerprint density at radius 3 is 2.20 bits per heavy atom. The number of hydrogen-bond acceptors (Lipinski definition) is 3. The normalized spacial score (nSPS) is 11.5. The SMILES string of the molecule is Cc1cc(C(=O)Cl)cc(S(=O)(=O)Cl)c1C. The van der Waals surface area contributed by atoms with Crippen LogP contribution in [0.3, 0.4) is 0 Å². The van der Waals surface area contributed by atoms with Crippen molar-refractivity contribution >= 4 is 36.6 Å². The van der Waals surface area contributed by atoms with Crippen LogP contribution in [0.5, 0.6) is 0 Å². The minimum absolute atomic E-state index is 0.0758. The highest BCUT2D eigenvalue weighted by Crippen LogP contribution is 2.24. The zero-order chi connectivity index (χ0) is 11.8. The predicted octanol–water partition coefficient (Wildman–Crippen LogP) is 2.61. The minimum Gasteiger partial charge on any atom is -0.276 e. The van der Waals surface area contributed by atoms with Crippen molar-refractivity contribution in [3.63, 3.8) is 0 Å². The average molecular weight is 267 g/mol. The molecule has 0 aliphatic carbocycles. The quantitative estimate of drug-likeness (QED) is 0.774. The maximum atomic E-state index is 11.2. The van der Waals surface area contributed by atoms with Gasteiger partial charge in [0.2, 0.25) is 0 Å². The molecule has 0 radical (unpaired) electrons. The maximum absolute atomic E-state index is 11.2. The van der Waals surface area contributed by atoms with Gasteiger partial charge in [-0.1, -0.05) is 0 Å². The first-order chi connectivity index (χ1) is 6.73. The number of aryl methyl sites for hydroxylation is 1. The second kappa shape index (κ2) is 4.12. The Kier molecular flexibility index (Phi) is 3.43. The van der Waals surface area contributed by atoms with Crippen LogP contribution in [0.1, 0.15) is 21.5 Å². The lowest BCUT2D eigenvalue weighted by Gasteiger charge is -2.07. The van der Waals surface area contributed by atoms with Crippen LogP contribution in [0.15, 0.2) is 17.0 Å². The van der Waals surface area contributed by atoms with Crippen molar-refractivity contribution in [2.45, 2.75) is 18.7 Å². The third-order valence-electron chi connectivity index (χ3n) is 2.11. The second-order valence-corrected chi connectivity index (χ2v) is 6.01.